The van der Waals surface area contributed by atoms with Crippen molar-refractivity contribution in [3.63, 3.8) is 0 Å². The van der Waals surface area contributed by atoms with Crippen LogP contribution in [-0.4, -0.2) is 5.91 Å². The van der Waals surface area contributed by atoms with E-state index in [2.05, 4.69) is 5.32 Å². The summed E-state index contributed by atoms with van der Waals surface area (Å²) in [6.07, 6.45) is 2.48. The Morgan fingerprint density at radius 2 is 1.75 bits per heavy atom. The molecule has 1 heterocycles. The molecule has 1 N–H and O–H groups in total. The molecule has 0 fully saturated rings. The standard InChI is InChI=1S/C20H18FNO2/c21-17-11-8-15(9-12-17)10-13-19(23)22-20(18-7-4-14-24-18)16-5-2-1-3-6-16/h1-9,11-12,14,20H,10,13H2,(H,22,23). The summed E-state index contributed by atoms with van der Waals surface area (Å²) < 4.78 is 18.4. The summed E-state index contributed by atoms with van der Waals surface area (Å²) in [6, 6.07) is 19.2. The fourth-order valence-electron chi connectivity index (χ4n) is 2.56. The van der Waals surface area contributed by atoms with Gasteiger partial charge < -0.3 is 9.73 Å². The van der Waals surface area contributed by atoms with Gasteiger partial charge in [-0.3, -0.25) is 4.79 Å². The number of halogens is 1. The largest absolute Gasteiger partial charge is 0.467 e. The lowest BCUT2D eigenvalue weighted by Gasteiger charge is -2.17. The summed E-state index contributed by atoms with van der Waals surface area (Å²) >= 11 is 0. The van der Waals surface area contributed by atoms with Gasteiger partial charge >= 0.3 is 0 Å². The Morgan fingerprint density at radius 1 is 1.00 bits per heavy atom. The molecule has 1 aromatic heterocycles. The van der Waals surface area contributed by atoms with E-state index in [0.717, 1.165) is 11.1 Å². The summed E-state index contributed by atoms with van der Waals surface area (Å²) in [4.78, 5) is 12.3. The van der Waals surface area contributed by atoms with Gasteiger partial charge in [0.1, 0.15) is 17.6 Å². The highest BCUT2D eigenvalue weighted by molar-refractivity contribution is 5.77. The highest BCUT2D eigenvalue weighted by Crippen LogP contribution is 2.22. The summed E-state index contributed by atoms with van der Waals surface area (Å²) in [6.45, 7) is 0. The first-order valence-electron chi connectivity index (χ1n) is 7.84. The Labute approximate surface area is 140 Å². The molecule has 3 rings (SSSR count). The van der Waals surface area contributed by atoms with E-state index in [1.165, 1.54) is 12.1 Å². The zero-order chi connectivity index (χ0) is 16.8. The number of aryl methyl sites for hydroxylation is 1. The van der Waals surface area contributed by atoms with Gasteiger partial charge in [0.25, 0.3) is 0 Å². The zero-order valence-electron chi connectivity index (χ0n) is 13.1. The quantitative estimate of drug-likeness (QED) is 0.736. The van der Waals surface area contributed by atoms with E-state index in [9.17, 15) is 9.18 Å². The molecule has 1 amide bonds. The maximum absolute atomic E-state index is 12.9. The van der Waals surface area contributed by atoms with E-state index in [0.29, 0.717) is 18.6 Å². The van der Waals surface area contributed by atoms with Gasteiger partial charge in [-0.2, -0.15) is 0 Å². The van der Waals surface area contributed by atoms with Crippen LogP contribution < -0.4 is 5.32 Å². The highest BCUT2D eigenvalue weighted by Gasteiger charge is 2.18. The van der Waals surface area contributed by atoms with Crippen LogP contribution >= 0.6 is 0 Å². The average molecular weight is 323 g/mol. The van der Waals surface area contributed by atoms with Crippen LogP contribution in [0.1, 0.15) is 29.3 Å². The third kappa shape index (κ3) is 4.10. The van der Waals surface area contributed by atoms with Crippen molar-refractivity contribution in [3.05, 3.63) is 95.7 Å². The van der Waals surface area contributed by atoms with Crippen molar-refractivity contribution in [2.45, 2.75) is 18.9 Å². The minimum atomic E-state index is -0.318. The molecule has 4 heteroatoms. The molecule has 0 aliphatic rings. The van der Waals surface area contributed by atoms with E-state index in [-0.39, 0.29) is 17.8 Å². The van der Waals surface area contributed by atoms with Crippen molar-refractivity contribution in [1.82, 2.24) is 5.32 Å². The minimum absolute atomic E-state index is 0.0791. The van der Waals surface area contributed by atoms with Crippen molar-refractivity contribution in [3.8, 4) is 0 Å². The Balaban J connectivity index is 1.66. The number of hydrogen-bond donors (Lipinski definition) is 1. The summed E-state index contributed by atoms with van der Waals surface area (Å²) in [5.41, 5.74) is 1.89. The predicted molar refractivity (Wildman–Crippen MR) is 89.9 cm³/mol. The van der Waals surface area contributed by atoms with Gasteiger partial charge in [0.2, 0.25) is 5.91 Å². The number of amides is 1. The highest BCUT2D eigenvalue weighted by atomic mass is 19.1. The first kappa shape index (κ1) is 16.0. The van der Waals surface area contributed by atoms with Crippen LogP contribution in [0.25, 0.3) is 0 Å². The Kier molecular flexibility index (Phi) is 5.06. The van der Waals surface area contributed by atoms with E-state index < -0.39 is 0 Å². The molecule has 0 aliphatic heterocycles. The summed E-state index contributed by atoms with van der Waals surface area (Å²) in [5, 5.41) is 3.01. The molecular weight excluding hydrogens is 305 g/mol. The van der Waals surface area contributed by atoms with E-state index in [1.807, 2.05) is 36.4 Å². The number of hydrogen-bond acceptors (Lipinski definition) is 2. The van der Waals surface area contributed by atoms with Crippen LogP contribution in [0.4, 0.5) is 4.39 Å². The van der Waals surface area contributed by atoms with E-state index >= 15 is 0 Å². The summed E-state index contributed by atoms with van der Waals surface area (Å²) in [5.74, 6) is 0.339. The van der Waals surface area contributed by atoms with Gasteiger partial charge in [-0.15, -0.1) is 0 Å². The third-order valence-electron chi connectivity index (χ3n) is 3.82. The predicted octanol–water partition coefficient (Wildman–Crippen LogP) is 4.26. The molecule has 122 valence electrons. The zero-order valence-corrected chi connectivity index (χ0v) is 13.1. The number of benzene rings is 2. The summed E-state index contributed by atoms with van der Waals surface area (Å²) in [7, 11) is 0. The topological polar surface area (TPSA) is 42.2 Å². The normalized spacial score (nSPS) is 11.9. The third-order valence-corrected chi connectivity index (χ3v) is 3.82. The van der Waals surface area contributed by atoms with Gasteiger partial charge in [-0.1, -0.05) is 42.5 Å². The molecular formula is C20H18FNO2. The van der Waals surface area contributed by atoms with Crippen LogP contribution in [0.5, 0.6) is 0 Å². The lowest BCUT2D eigenvalue weighted by Crippen LogP contribution is -2.29. The monoisotopic (exact) mass is 323 g/mol. The fraction of sp³-hybridized carbons (Fsp3) is 0.150. The van der Waals surface area contributed by atoms with Crippen LogP contribution in [0, 0.1) is 5.82 Å². The second-order valence-electron chi connectivity index (χ2n) is 5.55. The molecule has 0 radical (unpaired) electrons. The number of carbonyl (C=O) groups is 1. The van der Waals surface area contributed by atoms with Crippen molar-refractivity contribution in [2.75, 3.05) is 0 Å². The van der Waals surface area contributed by atoms with E-state index in [1.54, 1.807) is 24.5 Å². The molecule has 0 spiro atoms. The van der Waals surface area contributed by atoms with Crippen molar-refractivity contribution in [1.29, 1.82) is 0 Å². The number of furan rings is 1. The van der Waals surface area contributed by atoms with Gasteiger partial charge in [0.05, 0.1) is 6.26 Å². The smallest absolute Gasteiger partial charge is 0.221 e. The average Bonchev–Trinajstić information content (AvgIpc) is 3.14. The van der Waals surface area contributed by atoms with Crippen LogP contribution in [-0.2, 0) is 11.2 Å². The molecule has 0 saturated carbocycles. The molecule has 1 unspecified atom stereocenters. The lowest BCUT2D eigenvalue weighted by atomic mass is 10.0. The molecule has 2 aromatic carbocycles. The van der Waals surface area contributed by atoms with Gasteiger partial charge in [-0.05, 0) is 41.8 Å². The van der Waals surface area contributed by atoms with Gasteiger partial charge in [-0.25, -0.2) is 4.39 Å². The second kappa shape index (κ2) is 7.59. The fourth-order valence-corrected chi connectivity index (χ4v) is 2.56. The second-order valence-corrected chi connectivity index (χ2v) is 5.55. The van der Waals surface area contributed by atoms with Gasteiger partial charge in [0, 0.05) is 6.42 Å². The maximum Gasteiger partial charge on any atom is 0.221 e. The Bertz CT molecular complexity index is 767. The molecule has 0 saturated heterocycles. The van der Waals surface area contributed by atoms with Crippen molar-refractivity contribution >= 4 is 5.91 Å². The first-order valence-corrected chi connectivity index (χ1v) is 7.84. The molecule has 1 atom stereocenters. The van der Waals surface area contributed by atoms with Crippen LogP contribution in [0.2, 0.25) is 0 Å². The van der Waals surface area contributed by atoms with Gasteiger partial charge in [0.15, 0.2) is 0 Å². The van der Waals surface area contributed by atoms with Crippen LogP contribution in [0.3, 0.4) is 0 Å². The molecule has 24 heavy (non-hydrogen) atoms. The first-order chi connectivity index (χ1) is 11.7. The van der Waals surface area contributed by atoms with E-state index in [4.69, 9.17) is 4.42 Å². The Hall–Kier alpha value is -2.88. The minimum Gasteiger partial charge on any atom is -0.467 e. The SMILES string of the molecule is O=C(CCc1ccc(F)cc1)NC(c1ccccc1)c1ccco1. The number of carbonyl (C=O) groups excluding carboxylic acids is 1. The number of nitrogens with one attached hydrogen (secondary N) is 1. The Morgan fingerprint density at radius 3 is 2.42 bits per heavy atom. The van der Waals surface area contributed by atoms with Crippen LogP contribution in [0.15, 0.2) is 77.4 Å². The van der Waals surface area contributed by atoms with Crippen molar-refractivity contribution in [2.24, 2.45) is 0 Å². The molecule has 0 bridgehead atoms. The lowest BCUT2D eigenvalue weighted by molar-refractivity contribution is -0.121. The van der Waals surface area contributed by atoms with Crippen molar-refractivity contribution < 1.29 is 13.6 Å². The molecule has 0 aliphatic carbocycles. The number of rotatable bonds is 6. The maximum atomic E-state index is 12.9. The molecule has 3 aromatic rings. The molecule has 3 nitrogen and oxygen atoms in total.